The molecule has 1 fully saturated rings. The lowest BCUT2D eigenvalue weighted by molar-refractivity contribution is -0.121. The van der Waals surface area contributed by atoms with E-state index in [-0.39, 0.29) is 23.8 Å². The second-order valence-electron chi connectivity index (χ2n) is 5.98. The molecule has 1 saturated carbocycles. The SMILES string of the molecule is NC(=O)CC1(N2Cc3ccccc3C2=O)CCCCC1. The van der Waals surface area contributed by atoms with Gasteiger partial charge in [-0.15, -0.1) is 0 Å². The van der Waals surface area contributed by atoms with Crippen molar-refractivity contribution in [2.45, 2.75) is 50.6 Å². The third kappa shape index (κ3) is 2.09. The van der Waals surface area contributed by atoms with E-state index in [4.69, 9.17) is 5.73 Å². The van der Waals surface area contributed by atoms with E-state index in [0.29, 0.717) is 6.54 Å². The molecule has 0 unspecified atom stereocenters. The molecule has 0 spiro atoms. The maximum absolute atomic E-state index is 12.7. The summed E-state index contributed by atoms with van der Waals surface area (Å²) in [7, 11) is 0. The van der Waals surface area contributed by atoms with Crippen LogP contribution in [0.25, 0.3) is 0 Å². The molecule has 4 nitrogen and oxygen atoms in total. The number of rotatable bonds is 3. The first-order valence-electron chi connectivity index (χ1n) is 7.31. The van der Waals surface area contributed by atoms with Gasteiger partial charge in [-0.2, -0.15) is 0 Å². The number of nitrogens with two attached hydrogens (primary N) is 1. The monoisotopic (exact) mass is 272 g/mol. The van der Waals surface area contributed by atoms with Crippen molar-refractivity contribution >= 4 is 11.8 Å². The van der Waals surface area contributed by atoms with Gasteiger partial charge in [0.25, 0.3) is 5.91 Å². The molecule has 3 rings (SSSR count). The van der Waals surface area contributed by atoms with Crippen LogP contribution in [-0.4, -0.2) is 22.3 Å². The molecule has 1 heterocycles. The van der Waals surface area contributed by atoms with Crippen molar-refractivity contribution in [2.75, 3.05) is 0 Å². The highest BCUT2D eigenvalue weighted by molar-refractivity contribution is 5.99. The highest BCUT2D eigenvalue weighted by Crippen LogP contribution is 2.41. The standard InChI is InChI=1S/C16H20N2O2/c17-14(19)10-16(8-4-1-5-9-16)18-11-12-6-2-3-7-13(12)15(18)20/h2-3,6-7H,1,4-5,8-11H2,(H2,17,19). The van der Waals surface area contributed by atoms with E-state index in [0.717, 1.165) is 36.8 Å². The number of nitrogens with zero attached hydrogens (tertiary/aromatic N) is 1. The van der Waals surface area contributed by atoms with Gasteiger partial charge in [0.05, 0.1) is 5.54 Å². The average molecular weight is 272 g/mol. The Labute approximate surface area is 118 Å². The molecule has 2 aliphatic rings. The van der Waals surface area contributed by atoms with E-state index in [1.54, 1.807) is 0 Å². The van der Waals surface area contributed by atoms with Crippen LogP contribution in [0.3, 0.4) is 0 Å². The first kappa shape index (κ1) is 13.2. The Kier molecular flexibility index (Phi) is 3.24. The number of hydrogen-bond donors (Lipinski definition) is 1. The van der Waals surface area contributed by atoms with Crippen molar-refractivity contribution in [2.24, 2.45) is 5.73 Å². The molecule has 0 radical (unpaired) electrons. The summed E-state index contributed by atoms with van der Waals surface area (Å²) in [5.41, 5.74) is 6.93. The van der Waals surface area contributed by atoms with Gasteiger partial charge in [0, 0.05) is 18.5 Å². The summed E-state index contributed by atoms with van der Waals surface area (Å²) >= 11 is 0. The first-order chi connectivity index (χ1) is 9.62. The Morgan fingerprint density at radius 2 is 1.90 bits per heavy atom. The van der Waals surface area contributed by atoms with Crippen LogP contribution < -0.4 is 5.73 Å². The highest BCUT2D eigenvalue weighted by atomic mass is 16.2. The largest absolute Gasteiger partial charge is 0.370 e. The predicted octanol–water partition coefficient (Wildman–Crippen LogP) is 2.22. The number of amides is 2. The molecule has 106 valence electrons. The van der Waals surface area contributed by atoms with Gasteiger partial charge in [0.2, 0.25) is 5.91 Å². The van der Waals surface area contributed by atoms with Crippen LogP contribution in [0.15, 0.2) is 24.3 Å². The predicted molar refractivity (Wildman–Crippen MR) is 75.9 cm³/mol. The molecule has 2 N–H and O–H groups in total. The van der Waals surface area contributed by atoms with E-state index >= 15 is 0 Å². The van der Waals surface area contributed by atoms with Crippen LogP contribution in [0.2, 0.25) is 0 Å². The molecule has 1 aliphatic carbocycles. The van der Waals surface area contributed by atoms with Crippen molar-refractivity contribution in [1.82, 2.24) is 4.90 Å². The summed E-state index contributed by atoms with van der Waals surface area (Å²) in [5.74, 6) is -0.251. The van der Waals surface area contributed by atoms with Crippen molar-refractivity contribution in [3.05, 3.63) is 35.4 Å². The zero-order chi connectivity index (χ0) is 14.2. The lowest BCUT2D eigenvalue weighted by Gasteiger charge is -2.44. The van der Waals surface area contributed by atoms with Crippen LogP contribution in [0.1, 0.15) is 54.4 Å². The van der Waals surface area contributed by atoms with Gasteiger partial charge in [0.15, 0.2) is 0 Å². The lowest BCUT2D eigenvalue weighted by Crippen LogP contribution is -2.52. The third-order valence-corrected chi connectivity index (χ3v) is 4.68. The van der Waals surface area contributed by atoms with Gasteiger partial charge in [0.1, 0.15) is 0 Å². The molecule has 1 aromatic carbocycles. The normalized spacial score (nSPS) is 20.8. The molecule has 0 aromatic heterocycles. The van der Waals surface area contributed by atoms with Gasteiger partial charge in [-0.05, 0) is 24.5 Å². The lowest BCUT2D eigenvalue weighted by atomic mass is 9.77. The minimum absolute atomic E-state index is 0.0590. The second kappa shape index (κ2) is 4.93. The zero-order valence-electron chi connectivity index (χ0n) is 11.6. The Morgan fingerprint density at radius 3 is 2.55 bits per heavy atom. The van der Waals surface area contributed by atoms with Crippen molar-refractivity contribution in [1.29, 1.82) is 0 Å². The summed E-state index contributed by atoms with van der Waals surface area (Å²) < 4.78 is 0. The molecular formula is C16H20N2O2. The highest BCUT2D eigenvalue weighted by Gasteiger charge is 2.45. The van der Waals surface area contributed by atoms with Crippen LogP contribution in [0.5, 0.6) is 0 Å². The minimum atomic E-state index is -0.361. The topological polar surface area (TPSA) is 63.4 Å². The molecule has 0 atom stereocenters. The van der Waals surface area contributed by atoms with Crippen molar-refractivity contribution in [3.8, 4) is 0 Å². The van der Waals surface area contributed by atoms with Gasteiger partial charge in [-0.1, -0.05) is 37.5 Å². The van der Waals surface area contributed by atoms with Crippen molar-refractivity contribution in [3.63, 3.8) is 0 Å². The van der Waals surface area contributed by atoms with Crippen molar-refractivity contribution < 1.29 is 9.59 Å². The first-order valence-corrected chi connectivity index (χ1v) is 7.31. The van der Waals surface area contributed by atoms with E-state index in [9.17, 15) is 9.59 Å². The Morgan fingerprint density at radius 1 is 1.20 bits per heavy atom. The summed E-state index contributed by atoms with van der Waals surface area (Å²) in [4.78, 5) is 26.1. The van der Waals surface area contributed by atoms with Gasteiger partial charge < -0.3 is 10.6 Å². The Bertz CT molecular complexity index is 547. The number of fused-ring (bicyclic) bond motifs is 1. The zero-order valence-corrected chi connectivity index (χ0v) is 11.6. The Hall–Kier alpha value is -1.84. The third-order valence-electron chi connectivity index (χ3n) is 4.68. The number of carbonyl (C=O) groups is 2. The van der Waals surface area contributed by atoms with Crippen LogP contribution in [0, 0.1) is 0 Å². The van der Waals surface area contributed by atoms with Gasteiger partial charge in [-0.25, -0.2) is 0 Å². The molecule has 1 aromatic rings. The fourth-order valence-corrected chi connectivity index (χ4v) is 3.71. The number of benzene rings is 1. The minimum Gasteiger partial charge on any atom is -0.370 e. The summed E-state index contributed by atoms with van der Waals surface area (Å²) in [6, 6.07) is 7.71. The molecule has 1 aliphatic heterocycles. The maximum Gasteiger partial charge on any atom is 0.254 e. The molecule has 0 bridgehead atoms. The second-order valence-corrected chi connectivity index (χ2v) is 5.98. The van der Waals surface area contributed by atoms with E-state index in [1.807, 2.05) is 29.2 Å². The summed E-state index contributed by atoms with van der Waals surface area (Å²) in [6.07, 6.45) is 5.36. The van der Waals surface area contributed by atoms with E-state index in [1.165, 1.54) is 6.42 Å². The quantitative estimate of drug-likeness (QED) is 0.917. The number of primary amides is 1. The molecular weight excluding hydrogens is 252 g/mol. The summed E-state index contributed by atoms with van der Waals surface area (Å²) in [6.45, 7) is 0.613. The smallest absolute Gasteiger partial charge is 0.254 e. The summed E-state index contributed by atoms with van der Waals surface area (Å²) in [5, 5.41) is 0. The Balaban J connectivity index is 1.94. The van der Waals surface area contributed by atoms with Gasteiger partial charge in [-0.3, -0.25) is 9.59 Å². The molecule has 0 saturated heterocycles. The van der Waals surface area contributed by atoms with Crippen LogP contribution >= 0.6 is 0 Å². The van der Waals surface area contributed by atoms with E-state index < -0.39 is 0 Å². The molecule has 4 heteroatoms. The van der Waals surface area contributed by atoms with Gasteiger partial charge >= 0.3 is 0 Å². The maximum atomic E-state index is 12.7. The number of carbonyl (C=O) groups excluding carboxylic acids is 2. The number of hydrogen-bond acceptors (Lipinski definition) is 2. The molecule has 20 heavy (non-hydrogen) atoms. The van der Waals surface area contributed by atoms with Crippen LogP contribution in [-0.2, 0) is 11.3 Å². The van der Waals surface area contributed by atoms with E-state index in [2.05, 4.69) is 0 Å². The average Bonchev–Trinajstić information content (AvgIpc) is 2.78. The fraction of sp³-hybridized carbons (Fsp3) is 0.500. The molecule has 2 amide bonds. The van der Waals surface area contributed by atoms with Crippen LogP contribution in [0.4, 0.5) is 0 Å². The fourth-order valence-electron chi connectivity index (χ4n) is 3.71.